The van der Waals surface area contributed by atoms with Crippen LogP contribution >= 0.6 is 31.9 Å². The molecule has 74 valence electrons. The van der Waals surface area contributed by atoms with Crippen molar-refractivity contribution < 1.29 is 13.0 Å². The molecule has 4 nitrogen and oxygen atoms in total. The van der Waals surface area contributed by atoms with Gasteiger partial charge in [0.1, 0.15) is 6.07 Å². The van der Waals surface area contributed by atoms with Crippen molar-refractivity contribution >= 4 is 42.0 Å². The van der Waals surface area contributed by atoms with E-state index in [1.54, 1.807) is 0 Å². The molecule has 14 heavy (non-hydrogen) atoms. The highest BCUT2D eigenvalue weighted by Crippen LogP contribution is 2.28. The van der Waals surface area contributed by atoms with E-state index in [9.17, 15) is 8.42 Å². The van der Waals surface area contributed by atoms with Crippen LogP contribution in [0, 0.1) is 11.3 Å². The highest BCUT2D eigenvalue weighted by Gasteiger charge is 2.14. The number of nitrogens with zero attached hydrogens (tertiary/aromatic N) is 1. The summed E-state index contributed by atoms with van der Waals surface area (Å²) in [5.41, 5.74) is 0.275. The summed E-state index contributed by atoms with van der Waals surface area (Å²) in [4.78, 5) is -0.268. The van der Waals surface area contributed by atoms with Crippen molar-refractivity contribution in [3.63, 3.8) is 0 Å². The van der Waals surface area contributed by atoms with Gasteiger partial charge in [-0.15, -0.1) is 0 Å². The van der Waals surface area contributed by atoms with Crippen molar-refractivity contribution in [2.24, 2.45) is 0 Å². The molecule has 1 rings (SSSR count). The maximum Gasteiger partial charge on any atom is 0.294 e. The molecule has 0 aliphatic heterocycles. The monoisotopic (exact) mass is 339 g/mol. The Morgan fingerprint density at radius 2 is 1.71 bits per heavy atom. The van der Waals surface area contributed by atoms with Crippen LogP contribution in [-0.2, 0) is 10.1 Å². The number of hydrogen-bond donors (Lipinski definition) is 1. The molecule has 1 N–H and O–H groups in total. The molecule has 0 radical (unpaired) electrons. The van der Waals surface area contributed by atoms with Gasteiger partial charge in [0.2, 0.25) is 0 Å². The standard InChI is InChI=1S/C7H3Br2NO3S/c8-6-1-4(14(11,12)13)2-7(9)5(6)3-10/h1-2H,(H,11,12,13). The van der Waals surface area contributed by atoms with E-state index in [2.05, 4.69) is 31.9 Å². The van der Waals surface area contributed by atoms with Crippen LogP contribution in [0.4, 0.5) is 0 Å². The average molecular weight is 341 g/mol. The summed E-state index contributed by atoms with van der Waals surface area (Å²) in [7, 11) is -4.24. The molecule has 0 atom stereocenters. The van der Waals surface area contributed by atoms with E-state index < -0.39 is 10.1 Å². The molecule has 0 unspecified atom stereocenters. The Morgan fingerprint density at radius 3 is 2.00 bits per heavy atom. The lowest BCUT2D eigenvalue weighted by molar-refractivity contribution is 0.483. The van der Waals surface area contributed by atoms with Gasteiger partial charge < -0.3 is 0 Å². The summed E-state index contributed by atoms with van der Waals surface area (Å²) in [6, 6.07) is 4.20. The Balaban J connectivity index is 3.53. The van der Waals surface area contributed by atoms with Crippen LogP contribution in [0.5, 0.6) is 0 Å². The molecule has 0 bridgehead atoms. The number of benzene rings is 1. The second kappa shape index (κ2) is 3.98. The zero-order valence-electron chi connectivity index (χ0n) is 6.53. The van der Waals surface area contributed by atoms with Gasteiger partial charge in [-0.2, -0.15) is 13.7 Å². The normalized spacial score (nSPS) is 11.0. The minimum atomic E-state index is -4.24. The summed E-state index contributed by atoms with van der Waals surface area (Å²) < 4.78 is 30.9. The second-order valence-electron chi connectivity index (χ2n) is 2.35. The van der Waals surface area contributed by atoms with E-state index in [0.29, 0.717) is 8.95 Å². The Hall–Kier alpha value is -0.420. The smallest absolute Gasteiger partial charge is 0.282 e. The van der Waals surface area contributed by atoms with E-state index in [4.69, 9.17) is 9.81 Å². The van der Waals surface area contributed by atoms with Gasteiger partial charge in [0.25, 0.3) is 10.1 Å². The van der Waals surface area contributed by atoms with Crippen molar-refractivity contribution in [3.8, 4) is 6.07 Å². The SMILES string of the molecule is N#Cc1c(Br)cc(S(=O)(=O)O)cc1Br. The number of halogens is 2. The van der Waals surface area contributed by atoms with Crippen LogP contribution in [0.25, 0.3) is 0 Å². The molecule has 7 heteroatoms. The first-order chi connectivity index (χ1) is 6.36. The maximum atomic E-state index is 10.8. The number of nitriles is 1. The van der Waals surface area contributed by atoms with Gasteiger partial charge in [-0.3, -0.25) is 4.55 Å². The molecule has 0 spiro atoms. The van der Waals surface area contributed by atoms with Gasteiger partial charge in [-0.05, 0) is 44.0 Å². The van der Waals surface area contributed by atoms with Crippen LogP contribution in [0.3, 0.4) is 0 Å². The largest absolute Gasteiger partial charge is 0.294 e. The fourth-order valence-corrected chi connectivity index (χ4v) is 3.01. The van der Waals surface area contributed by atoms with E-state index in [1.807, 2.05) is 6.07 Å². The molecule has 0 aliphatic rings. The van der Waals surface area contributed by atoms with Crippen molar-refractivity contribution in [2.75, 3.05) is 0 Å². The Bertz CT molecular complexity index is 495. The van der Waals surface area contributed by atoms with Gasteiger partial charge in [-0.25, -0.2) is 0 Å². The van der Waals surface area contributed by atoms with Crippen LogP contribution in [0.2, 0.25) is 0 Å². The lowest BCUT2D eigenvalue weighted by atomic mass is 10.2. The van der Waals surface area contributed by atoms with Gasteiger partial charge in [-0.1, -0.05) is 0 Å². The summed E-state index contributed by atoms with van der Waals surface area (Å²) in [6.07, 6.45) is 0. The fourth-order valence-electron chi connectivity index (χ4n) is 0.806. The van der Waals surface area contributed by atoms with Crippen molar-refractivity contribution in [1.29, 1.82) is 5.26 Å². The molecule has 0 aromatic heterocycles. The predicted molar refractivity (Wildman–Crippen MR) is 56.4 cm³/mol. The minimum absolute atomic E-state index is 0.268. The molecular formula is C7H3Br2NO3S. The summed E-state index contributed by atoms with van der Waals surface area (Å²) in [5, 5.41) is 8.67. The Labute approximate surface area is 97.6 Å². The molecule has 0 saturated carbocycles. The molecule has 0 aliphatic carbocycles. The summed E-state index contributed by atoms with van der Waals surface area (Å²) in [5.74, 6) is 0. The number of hydrogen-bond acceptors (Lipinski definition) is 3. The summed E-state index contributed by atoms with van der Waals surface area (Å²) in [6.45, 7) is 0. The first-order valence-corrected chi connectivity index (χ1v) is 6.25. The first kappa shape index (κ1) is 11.7. The lowest BCUT2D eigenvalue weighted by Crippen LogP contribution is -1.98. The zero-order valence-corrected chi connectivity index (χ0v) is 10.5. The van der Waals surface area contributed by atoms with Gasteiger partial charge >= 0.3 is 0 Å². The second-order valence-corrected chi connectivity index (χ2v) is 5.48. The first-order valence-electron chi connectivity index (χ1n) is 3.23. The third kappa shape index (κ3) is 2.33. The lowest BCUT2D eigenvalue weighted by Gasteiger charge is -2.02. The molecule has 0 fully saturated rings. The van der Waals surface area contributed by atoms with Crippen LogP contribution in [0.15, 0.2) is 26.0 Å². The summed E-state index contributed by atoms with van der Waals surface area (Å²) >= 11 is 6.05. The van der Waals surface area contributed by atoms with Gasteiger partial charge in [0.15, 0.2) is 0 Å². The number of rotatable bonds is 1. The van der Waals surface area contributed by atoms with Crippen molar-refractivity contribution in [3.05, 3.63) is 26.6 Å². The fraction of sp³-hybridized carbons (Fsp3) is 0. The van der Waals surface area contributed by atoms with Crippen molar-refractivity contribution in [2.45, 2.75) is 4.90 Å². The molecule has 0 saturated heterocycles. The third-order valence-electron chi connectivity index (χ3n) is 1.43. The van der Waals surface area contributed by atoms with Crippen LogP contribution in [0.1, 0.15) is 5.56 Å². The van der Waals surface area contributed by atoms with Gasteiger partial charge in [0.05, 0.1) is 10.5 Å². The van der Waals surface area contributed by atoms with E-state index in [1.165, 1.54) is 12.1 Å². The van der Waals surface area contributed by atoms with E-state index in [-0.39, 0.29) is 10.5 Å². The molecule has 1 aromatic carbocycles. The van der Waals surface area contributed by atoms with Crippen LogP contribution in [-0.4, -0.2) is 13.0 Å². The average Bonchev–Trinajstić information content (AvgIpc) is 2.01. The maximum absolute atomic E-state index is 10.8. The minimum Gasteiger partial charge on any atom is -0.282 e. The van der Waals surface area contributed by atoms with Gasteiger partial charge in [0, 0.05) is 8.95 Å². The zero-order chi connectivity index (χ0) is 10.9. The predicted octanol–water partition coefficient (Wildman–Crippen LogP) is 2.33. The quantitative estimate of drug-likeness (QED) is 0.796. The van der Waals surface area contributed by atoms with E-state index >= 15 is 0 Å². The molecule has 0 heterocycles. The van der Waals surface area contributed by atoms with E-state index in [0.717, 1.165) is 0 Å². The molecular weight excluding hydrogens is 338 g/mol. The highest BCUT2D eigenvalue weighted by atomic mass is 79.9. The third-order valence-corrected chi connectivity index (χ3v) is 3.51. The molecule has 0 amide bonds. The topological polar surface area (TPSA) is 78.2 Å². The van der Waals surface area contributed by atoms with Crippen LogP contribution < -0.4 is 0 Å². The molecule has 1 aromatic rings. The Morgan fingerprint density at radius 1 is 1.29 bits per heavy atom. The van der Waals surface area contributed by atoms with Crippen molar-refractivity contribution in [1.82, 2.24) is 0 Å². The Kier molecular flexibility index (Phi) is 3.32. The highest BCUT2D eigenvalue weighted by molar-refractivity contribution is 9.11.